The highest BCUT2D eigenvalue weighted by atomic mass is 19.1. The van der Waals surface area contributed by atoms with E-state index in [2.05, 4.69) is 0 Å². The summed E-state index contributed by atoms with van der Waals surface area (Å²) in [6.45, 7) is 2.40. The minimum absolute atomic E-state index is 0.179. The second kappa shape index (κ2) is 7.64. The number of aromatic nitrogens is 3. The SMILES string of the molecule is Cc1ccc2c(c1)c1c(c(=O)n(Cc3ccccc3)c(=O)n1Cc1ccc(F)cc1)n2C. The smallest absolute Gasteiger partial charge is 0.332 e. The van der Waals surface area contributed by atoms with Gasteiger partial charge in [-0.15, -0.1) is 0 Å². The van der Waals surface area contributed by atoms with Crippen molar-refractivity contribution in [3.63, 3.8) is 0 Å². The zero-order chi connectivity index (χ0) is 22.4. The first-order chi connectivity index (χ1) is 15.4. The molecule has 0 atom stereocenters. The number of fused-ring (bicyclic) bond motifs is 3. The molecule has 0 N–H and O–H groups in total. The predicted molar refractivity (Wildman–Crippen MR) is 125 cm³/mol. The number of aryl methyl sites for hydroxylation is 2. The molecule has 0 fully saturated rings. The number of halogens is 1. The van der Waals surface area contributed by atoms with Crippen LogP contribution in [0.5, 0.6) is 0 Å². The van der Waals surface area contributed by atoms with Crippen molar-refractivity contribution in [1.82, 2.24) is 13.7 Å². The Labute approximate surface area is 183 Å². The molecule has 2 aromatic heterocycles. The molecule has 0 amide bonds. The molecule has 5 nitrogen and oxygen atoms in total. The second-order valence-corrected chi connectivity index (χ2v) is 8.15. The Kier molecular flexibility index (Phi) is 4.78. The summed E-state index contributed by atoms with van der Waals surface area (Å²) >= 11 is 0. The third kappa shape index (κ3) is 3.24. The third-order valence-electron chi connectivity index (χ3n) is 5.95. The fourth-order valence-electron chi connectivity index (χ4n) is 4.34. The molecule has 0 aliphatic carbocycles. The summed E-state index contributed by atoms with van der Waals surface area (Å²) in [5, 5.41) is 0.852. The van der Waals surface area contributed by atoms with Crippen LogP contribution >= 0.6 is 0 Å². The zero-order valence-electron chi connectivity index (χ0n) is 17.9. The van der Waals surface area contributed by atoms with Crippen molar-refractivity contribution in [1.29, 1.82) is 0 Å². The van der Waals surface area contributed by atoms with Gasteiger partial charge in [-0.05, 0) is 42.3 Å². The average Bonchev–Trinajstić information content (AvgIpc) is 3.08. The van der Waals surface area contributed by atoms with Crippen LogP contribution in [-0.2, 0) is 20.1 Å². The molecule has 0 saturated carbocycles. The van der Waals surface area contributed by atoms with Gasteiger partial charge in [0.2, 0.25) is 0 Å². The standard InChI is InChI=1S/C26H22FN3O2/c1-17-8-13-22-21(14-17)23-24(28(22)2)25(31)30(16-18-6-4-3-5-7-18)26(32)29(23)15-19-9-11-20(27)12-10-19/h3-14H,15-16H2,1-2H3. The van der Waals surface area contributed by atoms with Gasteiger partial charge >= 0.3 is 5.69 Å². The van der Waals surface area contributed by atoms with Crippen molar-refractivity contribution in [3.05, 3.63) is 116 Å². The van der Waals surface area contributed by atoms with Crippen molar-refractivity contribution in [2.45, 2.75) is 20.0 Å². The van der Waals surface area contributed by atoms with Gasteiger partial charge in [0.15, 0.2) is 0 Å². The topological polar surface area (TPSA) is 48.9 Å². The molecule has 3 aromatic carbocycles. The van der Waals surface area contributed by atoms with Crippen LogP contribution in [0, 0.1) is 12.7 Å². The molecule has 32 heavy (non-hydrogen) atoms. The van der Waals surface area contributed by atoms with E-state index in [-0.39, 0.29) is 30.2 Å². The molecule has 0 spiro atoms. The molecule has 0 aliphatic heterocycles. The third-order valence-corrected chi connectivity index (χ3v) is 5.95. The molecule has 0 bridgehead atoms. The van der Waals surface area contributed by atoms with E-state index in [1.807, 2.05) is 67.1 Å². The molecule has 5 aromatic rings. The molecule has 0 aliphatic rings. The van der Waals surface area contributed by atoms with Crippen molar-refractivity contribution >= 4 is 21.9 Å². The van der Waals surface area contributed by atoms with Crippen LogP contribution in [-0.4, -0.2) is 13.7 Å². The Hall–Kier alpha value is -3.93. The zero-order valence-corrected chi connectivity index (χ0v) is 17.9. The highest BCUT2D eigenvalue weighted by Gasteiger charge is 2.20. The summed E-state index contributed by atoms with van der Waals surface area (Å²) in [6.07, 6.45) is 0. The summed E-state index contributed by atoms with van der Waals surface area (Å²) in [4.78, 5) is 27.2. The van der Waals surface area contributed by atoms with Gasteiger partial charge in [-0.25, -0.2) is 9.18 Å². The van der Waals surface area contributed by atoms with Crippen LogP contribution in [0.25, 0.3) is 21.9 Å². The van der Waals surface area contributed by atoms with E-state index in [9.17, 15) is 14.0 Å². The van der Waals surface area contributed by atoms with E-state index in [4.69, 9.17) is 0 Å². The second-order valence-electron chi connectivity index (χ2n) is 8.15. The monoisotopic (exact) mass is 427 g/mol. The van der Waals surface area contributed by atoms with Gasteiger partial charge in [-0.1, -0.05) is 54.1 Å². The van der Waals surface area contributed by atoms with Crippen LogP contribution in [0.1, 0.15) is 16.7 Å². The molecule has 5 rings (SSSR count). The van der Waals surface area contributed by atoms with Gasteiger partial charge in [0, 0.05) is 12.4 Å². The summed E-state index contributed by atoms with van der Waals surface area (Å²) in [5.74, 6) is -0.332. The van der Waals surface area contributed by atoms with Gasteiger partial charge < -0.3 is 4.57 Å². The quantitative estimate of drug-likeness (QED) is 0.432. The number of hydrogen-bond donors (Lipinski definition) is 0. The summed E-state index contributed by atoms with van der Waals surface area (Å²) < 4.78 is 18.2. The summed E-state index contributed by atoms with van der Waals surface area (Å²) in [5.41, 5.74) is 3.95. The predicted octanol–water partition coefficient (Wildman–Crippen LogP) is 4.20. The highest BCUT2D eigenvalue weighted by Crippen LogP contribution is 2.27. The average molecular weight is 427 g/mol. The fraction of sp³-hybridized carbons (Fsp3) is 0.154. The minimum atomic E-state index is -0.385. The molecule has 0 radical (unpaired) electrons. The van der Waals surface area contributed by atoms with Crippen molar-refractivity contribution in [3.8, 4) is 0 Å². The Morgan fingerprint density at radius 1 is 0.781 bits per heavy atom. The van der Waals surface area contributed by atoms with Crippen LogP contribution in [0.15, 0.2) is 82.4 Å². The summed E-state index contributed by atoms with van der Waals surface area (Å²) in [7, 11) is 1.85. The first-order valence-corrected chi connectivity index (χ1v) is 10.4. The van der Waals surface area contributed by atoms with E-state index in [0.717, 1.165) is 27.6 Å². The Bertz CT molecular complexity index is 1580. The molecule has 2 heterocycles. The van der Waals surface area contributed by atoms with Gasteiger partial charge in [0.25, 0.3) is 5.56 Å². The normalized spacial score (nSPS) is 11.5. The van der Waals surface area contributed by atoms with Crippen LogP contribution < -0.4 is 11.2 Å². The molecule has 0 saturated heterocycles. The first kappa shape index (κ1) is 20.0. The van der Waals surface area contributed by atoms with E-state index in [1.165, 1.54) is 16.7 Å². The van der Waals surface area contributed by atoms with Crippen molar-refractivity contribution in [2.75, 3.05) is 0 Å². The lowest BCUT2D eigenvalue weighted by Gasteiger charge is -2.13. The lowest BCUT2D eigenvalue weighted by molar-refractivity contribution is 0.620. The number of rotatable bonds is 4. The van der Waals surface area contributed by atoms with Crippen molar-refractivity contribution in [2.24, 2.45) is 7.05 Å². The number of hydrogen-bond acceptors (Lipinski definition) is 2. The lowest BCUT2D eigenvalue weighted by Crippen LogP contribution is -2.40. The van der Waals surface area contributed by atoms with Crippen LogP contribution in [0.3, 0.4) is 0 Å². The molecule has 0 unspecified atom stereocenters. The van der Waals surface area contributed by atoms with Gasteiger partial charge in [-0.2, -0.15) is 0 Å². The maximum atomic E-state index is 13.7. The molecule has 160 valence electrons. The number of benzene rings is 3. The highest BCUT2D eigenvalue weighted by molar-refractivity contribution is 6.06. The number of nitrogens with zero attached hydrogens (tertiary/aromatic N) is 3. The fourth-order valence-corrected chi connectivity index (χ4v) is 4.34. The minimum Gasteiger partial charge on any atom is -0.338 e. The van der Waals surface area contributed by atoms with Gasteiger partial charge in [-0.3, -0.25) is 13.9 Å². The molecular formula is C26H22FN3O2. The largest absolute Gasteiger partial charge is 0.338 e. The maximum absolute atomic E-state index is 13.7. The Balaban J connectivity index is 1.85. The Morgan fingerprint density at radius 3 is 2.16 bits per heavy atom. The van der Waals surface area contributed by atoms with Crippen LogP contribution in [0.4, 0.5) is 4.39 Å². The van der Waals surface area contributed by atoms with E-state index in [0.29, 0.717) is 11.0 Å². The Morgan fingerprint density at radius 2 is 1.44 bits per heavy atom. The van der Waals surface area contributed by atoms with E-state index < -0.39 is 0 Å². The maximum Gasteiger partial charge on any atom is 0.332 e. The summed E-state index contributed by atoms with van der Waals surface area (Å²) in [6, 6.07) is 21.5. The van der Waals surface area contributed by atoms with Gasteiger partial charge in [0.05, 0.1) is 24.1 Å². The van der Waals surface area contributed by atoms with E-state index in [1.54, 1.807) is 16.7 Å². The van der Waals surface area contributed by atoms with Crippen molar-refractivity contribution < 1.29 is 4.39 Å². The molecular weight excluding hydrogens is 405 g/mol. The van der Waals surface area contributed by atoms with E-state index >= 15 is 0 Å². The van der Waals surface area contributed by atoms with Crippen LogP contribution in [0.2, 0.25) is 0 Å². The van der Waals surface area contributed by atoms with Gasteiger partial charge in [0.1, 0.15) is 11.3 Å². The lowest BCUT2D eigenvalue weighted by atomic mass is 10.1. The molecule has 6 heteroatoms. The first-order valence-electron chi connectivity index (χ1n) is 10.4.